The second-order valence-electron chi connectivity index (χ2n) is 5.09. The van der Waals surface area contributed by atoms with E-state index in [1.165, 1.54) is 11.1 Å². The van der Waals surface area contributed by atoms with Crippen LogP contribution >= 0.6 is 11.6 Å². The summed E-state index contributed by atoms with van der Waals surface area (Å²) in [6.45, 7) is 6.95. The van der Waals surface area contributed by atoms with Crippen molar-refractivity contribution in [2.75, 3.05) is 19.8 Å². The van der Waals surface area contributed by atoms with Crippen LogP contribution in [0.4, 0.5) is 0 Å². The Morgan fingerprint density at radius 2 is 2.28 bits per heavy atom. The number of rotatable bonds is 4. The minimum atomic E-state index is 0.527. The Labute approximate surface area is 115 Å². The minimum absolute atomic E-state index is 0.527. The van der Waals surface area contributed by atoms with Gasteiger partial charge in [-0.1, -0.05) is 30.7 Å². The summed E-state index contributed by atoms with van der Waals surface area (Å²) in [5.41, 5.74) is 2.45. The van der Waals surface area contributed by atoms with Gasteiger partial charge in [0.2, 0.25) is 0 Å². The molecule has 1 fully saturated rings. The molecular weight excluding hydrogens is 246 g/mol. The summed E-state index contributed by atoms with van der Waals surface area (Å²) < 4.78 is 5.61. The third-order valence-corrected chi connectivity index (χ3v) is 3.98. The number of benzene rings is 1. The van der Waals surface area contributed by atoms with Gasteiger partial charge in [-0.05, 0) is 43.5 Å². The lowest BCUT2D eigenvalue weighted by Crippen LogP contribution is -2.43. The van der Waals surface area contributed by atoms with E-state index in [4.69, 9.17) is 16.3 Å². The number of aryl methyl sites for hydroxylation is 1. The molecule has 1 aromatic rings. The number of hydrogen-bond acceptors (Lipinski definition) is 2. The molecule has 3 heteroatoms. The van der Waals surface area contributed by atoms with Crippen LogP contribution in [0.5, 0.6) is 0 Å². The molecule has 0 saturated carbocycles. The molecule has 18 heavy (non-hydrogen) atoms. The van der Waals surface area contributed by atoms with Gasteiger partial charge in [0.15, 0.2) is 0 Å². The standard InChI is InChI=1S/C15H22ClNO/c1-3-17-15-6-7-18-10-13(15)9-12-5-4-11(2)8-14(12)16/h4-5,8,13,15,17H,3,6-7,9-10H2,1-2H3. The highest BCUT2D eigenvalue weighted by Gasteiger charge is 2.25. The Morgan fingerprint density at radius 3 is 3.00 bits per heavy atom. The van der Waals surface area contributed by atoms with Crippen LogP contribution in [0, 0.1) is 12.8 Å². The predicted octanol–water partition coefficient (Wildman–Crippen LogP) is 3.21. The number of ether oxygens (including phenoxy) is 1. The topological polar surface area (TPSA) is 21.3 Å². The molecule has 0 spiro atoms. The van der Waals surface area contributed by atoms with Crippen molar-refractivity contribution in [2.45, 2.75) is 32.7 Å². The fourth-order valence-electron chi connectivity index (χ4n) is 2.63. The highest BCUT2D eigenvalue weighted by atomic mass is 35.5. The van der Waals surface area contributed by atoms with Gasteiger partial charge in [-0.3, -0.25) is 0 Å². The van der Waals surface area contributed by atoms with E-state index in [2.05, 4.69) is 31.3 Å². The average molecular weight is 268 g/mol. The van der Waals surface area contributed by atoms with E-state index in [0.717, 1.165) is 37.6 Å². The van der Waals surface area contributed by atoms with E-state index >= 15 is 0 Å². The van der Waals surface area contributed by atoms with Gasteiger partial charge in [-0.25, -0.2) is 0 Å². The first-order chi connectivity index (χ1) is 8.70. The van der Waals surface area contributed by atoms with Crippen LogP contribution in [-0.4, -0.2) is 25.8 Å². The van der Waals surface area contributed by atoms with Crippen LogP contribution in [0.3, 0.4) is 0 Å². The second-order valence-corrected chi connectivity index (χ2v) is 5.49. The van der Waals surface area contributed by atoms with E-state index in [1.807, 2.05) is 6.07 Å². The largest absolute Gasteiger partial charge is 0.381 e. The first-order valence-electron chi connectivity index (χ1n) is 6.77. The Bertz CT molecular complexity index is 392. The van der Waals surface area contributed by atoms with Crippen molar-refractivity contribution in [3.63, 3.8) is 0 Å². The zero-order valence-corrected chi connectivity index (χ0v) is 12.0. The SMILES string of the molecule is CCNC1CCOCC1Cc1ccc(C)cc1Cl. The van der Waals surface area contributed by atoms with E-state index in [0.29, 0.717) is 12.0 Å². The molecule has 1 aliphatic rings. The molecule has 0 aromatic heterocycles. The summed E-state index contributed by atoms with van der Waals surface area (Å²) in [7, 11) is 0. The van der Waals surface area contributed by atoms with Gasteiger partial charge in [0.05, 0.1) is 6.61 Å². The molecule has 1 aliphatic heterocycles. The van der Waals surface area contributed by atoms with Gasteiger partial charge in [-0.2, -0.15) is 0 Å². The maximum absolute atomic E-state index is 6.31. The van der Waals surface area contributed by atoms with E-state index in [-0.39, 0.29) is 0 Å². The first-order valence-corrected chi connectivity index (χ1v) is 7.14. The molecule has 1 saturated heterocycles. The third kappa shape index (κ3) is 3.47. The predicted molar refractivity (Wildman–Crippen MR) is 76.3 cm³/mol. The van der Waals surface area contributed by atoms with Crippen LogP contribution < -0.4 is 5.32 Å². The quantitative estimate of drug-likeness (QED) is 0.905. The maximum atomic E-state index is 6.31. The number of nitrogens with one attached hydrogen (secondary N) is 1. The number of hydrogen-bond donors (Lipinski definition) is 1. The van der Waals surface area contributed by atoms with Crippen LogP contribution in [0.15, 0.2) is 18.2 Å². The lowest BCUT2D eigenvalue weighted by Gasteiger charge is -2.32. The summed E-state index contributed by atoms with van der Waals surface area (Å²) in [5.74, 6) is 0.527. The summed E-state index contributed by atoms with van der Waals surface area (Å²) in [6, 6.07) is 6.88. The van der Waals surface area contributed by atoms with E-state index in [9.17, 15) is 0 Å². The average Bonchev–Trinajstić information content (AvgIpc) is 2.35. The molecule has 100 valence electrons. The summed E-state index contributed by atoms with van der Waals surface area (Å²) in [6.07, 6.45) is 2.10. The smallest absolute Gasteiger partial charge is 0.0512 e. The monoisotopic (exact) mass is 267 g/mol. The van der Waals surface area contributed by atoms with Crippen molar-refractivity contribution in [3.8, 4) is 0 Å². The van der Waals surface area contributed by atoms with Gasteiger partial charge >= 0.3 is 0 Å². The van der Waals surface area contributed by atoms with Crippen molar-refractivity contribution >= 4 is 11.6 Å². The highest BCUT2D eigenvalue weighted by molar-refractivity contribution is 6.31. The van der Waals surface area contributed by atoms with Crippen molar-refractivity contribution in [2.24, 2.45) is 5.92 Å². The highest BCUT2D eigenvalue weighted by Crippen LogP contribution is 2.25. The Hall–Kier alpha value is -0.570. The molecule has 0 radical (unpaired) electrons. The van der Waals surface area contributed by atoms with Gasteiger partial charge in [0.25, 0.3) is 0 Å². The minimum Gasteiger partial charge on any atom is -0.381 e. The fourth-order valence-corrected chi connectivity index (χ4v) is 2.94. The third-order valence-electron chi connectivity index (χ3n) is 3.63. The van der Waals surface area contributed by atoms with Crippen molar-refractivity contribution in [3.05, 3.63) is 34.3 Å². The lowest BCUT2D eigenvalue weighted by atomic mass is 9.89. The zero-order valence-electron chi connectivity index (χ0n) is 11.2. The fraction of sp³-hybridized carbons (Fsp3) is 0.600. The molecule has 1 N–H and O–H groups in total. The Balaban J connectivity index is 2.06. The molecule has 2 nitrogen and oxygen atoms in total. The molecule has 2 rings (SSSR count). The van der Waals surface area contributed by atoms with Gasteiger partial charge < -0.3 is 10.1 Å². The molecule has 1 heterocycles. The van der Waals surface area contributed by atoms with Crippen LogP contribution in [0.1, 0.15) is 24.5 Å². The van der Waals surface area contributed by atoms with Crippen LogP contribution in [0.2, 0.25) is 5.02 Å². The molecule has 0 amide bonds. The van der Waals surface area contributed by atoms with E-state index in [1.54, 1.807) is 0 Å². The molecule has 2 unspecified atom stereocenters. The van der Waals surface area contributed by atoms with E-state index < -0.39 is 0 Å². The summed E-state index contributed by atoms with van der Waals surface area (Å²) >= 11 is 6.31. The lowest BCUT2D eigenvalue weighted by molar-refractivity contribution is 0.0327. The first kappa shape index (κ1) is 13.9. The summed E-state index contributed by atoms with van der Waals surface area (Å²) in [4.78, 5) is 0. The molecule has 0 bridgehead atoms. The maximum Gasteiger partial charge on any atom is 0.0512 e. The van der Waals surface area contributed by atoms with Crippen LogP contribution in [0.25, 0.3) is 0 Å². The van der Waals surface area contributed by atoms with Crippen LogP contribution in [-0.2, 0) is 11.2 Å². The van der Waals surface area contributed by atoms with Gasteiger partial charge in [0, 0.05) is 23.6 Å². The second kappa shape index (κ2) is 6.55. The Kier molecular flexibility index (Phi) is 5.04. The summed E-state index contributed by atoms with van der Waals surface area (Å²) in [5, 5.41) is 4.45. The molecule has 0 aliphatic carbocycles. The molecular formula is C15H22ClNO. The Morgan fingerprint density at radius 1 is 1.44 bits per heavy atom. The normalized spacial score (nSPS) is 24.2. The molecule has 1 aromatic carbocycles. The van der Waals surface area contributed by atoms with Gasteiger partial charge in [0.1, 0.15) is 0 Å². The zero-order chi connectivity index (χ0) is 13.0. The molecule has 2 atom stereocenters. The van der Waals surface area contributed by atoms with Crippen molar-refractivity contribution < 1.29 is 4.74 Å². The van der Waals surface area contributed by atoms with Crippen molar-refractivity contribution in [1.82, 2.24) is 5.32 Å². The number of halogens is 1. The van der Waals surface area contributed by atoms with Crippen molar-refractivity contribution in [1.29, 1.82) is 0 Å². The van der Waals surface area contributed by atoms with Gasteiger partial charge in [-0.15, -0.1) is 0 Å².